The minimum atomic E-state index is -3.20. The van der Waals surface area contributed by atoms with Gasteiger partial charge in [-0.25, -0.2) is 17.5 Å². The van der Waals surface area contributed by atoms with Gasteiger partial charge in [0.25, 0.3) is 6.01 Å². The topological polar surface area (TPSA) is 84.2 Å². The van der Waals surface area contributed by atoms with Gasteiger partial charge >= 0.3 is 0 Å². The lowest BCUT2D eigenvalue weighted by atomic mass is 9.86. The van der Waals surface area contributed by atoms with Crippen LogP contribution in [0.25, 0.3) is 11.1 Å². The van der Waals surface area contributed by atoms with E-state index in [0.717, 1.165) is 25.7 Å². The third-order valence-electron chi connectivity index (χ3n) is 4.72. The van der Waals surface area contributed by atoms with Gasteiger partial charge in [0.15, 0.2) is 5.58 Å². The van der Waals surface area contributed by atoms with Crippen molar-refractivity contribution in [2.24, 2.45) is 5.92 Å². The second kappa shape index (κ2) is 7.29. The molecule has 3 rings (SSSR count). The molecular weight excluding hydrogens is 345 g/mol. The Morgan fingerprint density at radius 1 is 1.28 bits per heavy atom. The average Bonchev–Trinajstić information content (AvgIpc) is 2.95. The molecule has 0 bridgehead atoms. The number of aromatic nitrogens is 1. The fourth-order valence-corrected chi connectivity index (χ4v) is 3.85. The number of halogens is 1. The number of nitrogens with one attached hydrogen (secondary N) is 2. The van der Waals surface area contributed by atoms with E-state index in [-0.39, 0.29) is 11.9 Å². The Balaban J connectivity index is 1.50. The average molecular weight is 369 g/mol. The third-order valence-corrected chi connectivity index (χ3v) is 6.53. The lowest BCUT2D eigenvalue weighted by Gasteiger charge is -2.28. The predicted octanol–water partition coefficient (Wildman–Crippen LogP) is 3.27. The van der Waals surface area contributed by atoms with Crippen LogP contribution in [0, 0.1) is 11.7 Å². The zero-order chi connectivity index (χ0) is 18.0. The molecule has 0 aliphatic heterocycles. The number of rotatable bonds is 6. The first-order valence-corrected chi connectivity index (χ1v) is 10.2. The van der Waals surface area contributed by atoms with E-state index in [4.69, 9.17) is 4.42 Å². The van der Waals surface area contributed by atoms with Crippen molar-refractivity contribution < 1.29 is 17.2 Å². The van der Waals surface area contributed by atoms with E-state index in [0.29, 0.717) is 29.6 Å². The zero-order valence-electron chi connectivity index (χ0n) is 14.5. The Hall–Kier alpha value is -1.67. The molecule has 8 heteroatoms. The van der Waals surface area contributed by atoms with Crippen molar-refractivity contribution >= 4 is 27.1 Å². The summed E-state index contributed by atoms with van der Waals surface area (Å²) in [6, 6.07) is 4.91. The van der Waals surface area contributed by atoms with E-state index in [1.807, 2.05) is 0 Å². The molecule has 25 heavy (non-hydrogen) atoms. The summed E-state index contributed by atoms with van der Waals surface area (Å²) in [5.41, 5.74) is 1.06. The van der Waals surface area contributed by atoms with Crippen molar-refractivity contribution in [1.82, 2.24) is 9.71 Å². The van der Waals surface area contributed by atoms with Gasteiger partial charge in [-0.2, -0.15) is 4.98 Å². The molecule has 6 nitrogen and oxygen atoms in total. The molecule has 0 spiro atoms. The van der Waals surface area contributed by atoms with Crippen LogP contribution in [0.4, 0.5) is 10.4 Å². The van der Waals surface area contributed by atoms with Crippen molar-refractivity contribution in [3.63, 3.8) is 0 Å². The van der Waals surface area contributed by atoms with Gasteiger partial charge < -0.3 is 9.73 Å². The second-order valence-electron chi connectivity index (χ2n) is 6.94. The number of nitrogens with zero attached hydrogens (tertiary/aromatic N) is 1. The Bertz CT molecular complexity index is 827. The number of sulfonamides is 1. The third kappa shape index (κ3) is 4.49. The lowest BCUT2D eigenvalue weighted by molar-refractivity contribution is 0.334. The van der Waals surface area contributed by atoms with Crippen molar-refractivity contribution in [3.8, 4) is 0 Å². The van der Waals surface area contributed by atoms with Crippen molar-refractivity contribution in [3.05, 3.63) is 24.0 Å². The van der Waals surface area contributed by atoms with E-state index in [1.54, 1.807) is 19.9 Å². The molecule has 138 valence electrons. The fraction of sp³-hybridized carbons (Fsp3) is 0.588. The number of fused-ring (bicyclic) bond motifs is 1. The lowest BCUT2D eigenvalue weighted by Crippen LogP contribution is -2.37. The predicted molar refractivity (Wildman–Crippen MR) is 95.4 cm³/mol. The molecule has 1 heterocycles. The molecule has 0 radical (unpaired) electrons. The van der Waals surface area contributed by atoms with Crippen LogP contribution in [0.2, 0.25) is 0 Å². The van der Waals surface area contributed by atoms with Gasteiger partial charge in [0.1, 0.15) is 11.3 Å². The highest BCUT2D eigenvalue weighted by Crippen LogP contribution is 2.27. The molecule has 0 unspecified atom stereocenters. The molecule has 1 aromatic heterocycles. The number of anilines is 1. The minimum Gasteiger partial charge on any atom is -0.424 e. The summed E-state index contributed by atoms with van der Waals surface area (Å²) >= 11 is 0. The highest BCUT2D eigenvalue weighted by Gasteiger charge is 2.24. The zero-order valence-corrected chi connectivity index (χ0v) is 15.3. The standard InChI is InChI=1S/C17H24FN3O3S/c1-11(2)25(22,23)19-10-12-3-6-14(7-4-12)20-17-21-15-9-13(18)5-8-16(15)24-17/h5,8-9,11-12,14,19H,3-4,6-7,10H2,1-2H3,(H,20,21)/t12-,14-. The molecule has 1 aliphatic rings. The molecule has 1 fully saturated rings. The SMILES string of the molecule is CC(C)S(=O)(=O)NC[C@H]1CC[C@H](Nc2nc3cc(F)ccc3o2)CC1. The van der Waals surface area contributed by atoms with E-state index >= 15 is 0 Å². The monoisotopic (exact) mass is 369 g/mol. The van der Waals surface area contributed by atoms with Crippen LogP contribution in [-0.4, -0.2) is 31.2 Å². The first kappa shape index (κ1) is 18.1. The Kier molecular flexibility index (Phi) is 5.29. The first-order chi connectivity index (χ1) is 11.8. The minimum absolute atomic E-state index is 0.232. The summed E-state index contributed by atoms with van der Waals surface area (Å²) in [5, 5.41) is 2.85. The van der Waals surface area contributed by atoms with Crippen molar-refractivity contribution in [2.45, 2.75) is 50.8 Å². The van der Waals surface area contributed by atoms with Crippen LogP contribution in [0.1, 0.15) is 39.5 Å². The van der Waals surface area contributed by atoms with E-state index in [9.17, 15) is 12.8 Å². The molecule has 0 amide bonds. The summed E-state index contributed by atoms with van der Waals surface area (Å²) in [6.07, 6.45) is 3.71. The van der Waals surface area contributed by atoms with Crippen LogP contribution in [0.15, 0.2) is 22.6 Å². The molecule has 2 aromatic rings. The van der Waals surface area contributed by atoms with Crippen LogP contribution < -0.4 is 10.0 Å². The van der Waals surface area contributed by atoms with Gasteiger partial charge in [-0.3, -0.25) is 0 Å². The molecule has 1 saturated carbocycles. The molecule has 0 saturated heterocycles. The van der Waals surface area contributed by atoms with Gasteiger partial charge in [-0.15, -0.1) is 0 Å². The van der Waals surface area contributed by atoms with Crippen molar-refractivity contribution in [2.75, 3.05) is 11.9 Å². The van der Waals surface area contributed by atoms with Crippen LogP contribution in [-0.2, 0) is 10.0 Å². The van der Waals surface area contributed by atoms with Crippen molar-refractivity contribution in [1.29, 1.82) is 0 Å². The normalized spacial score (nSPS) is 21.8. The number of hydrogen-bond donors (Lipinski definition) is 2. The van der Waals surface area contributed by atoms with E-state index in [1.165, 1.54) is 12.1 Å². The highest BCUT2D eigenvalue weighted by molar-refractivity contribution is 7.90. The number of hydrogen-bond acceptors (Lipinski definition) is 5. The maximum Gasteiger partial charge on any atom is 0.295 e. The van der Waals surface area contributed by atoms with Crippen LogP contribution >= 0.6 is 0 Å². The van der Waals surface area contributed by atoms with Gasteiger partial charge in [-0.05, 0) is 57.6 Å². The quantitative estimate of drug-likeness (QED) is 0.816. The van der Waals surface area contributed by atoms with Crippen LogP contribution in [0.5, 0.6) is 0 Å². The first-order valence-electron chi connectivity index (χ1n) is 8.64. The highest BCUT2D eigenvalue weighted by atomic mass is 32.2. The van der Waals surface area contributed by atoms with E-state index < -0.39 is 15.3 Å². The number of oxazole rings is 1. The maximum absolute atomic E-state index is 13.2. The summed E-state index contributed by atoms with van der Waals surface area (Å²) in [6.45, 7) is 3.85. The largest absolute Gasteiger partial charge is 0.424 e. The van der Waals surface area contributed by atoms with Gasteiger partial charge in [0.05, 0.1) is 5.25 Å². The van der Waals surface area contributed by atoms with Gasteiger partial charge in [0, 0.05) is 18.7 Å². The fourth-order valence-electron chi connectivity index (χ4n) is 3.05. The molecule has 2 N–H and O–H groups in total. The van der Waals surface area contributed by atoms with E-state index in [2.05, 4.69) is 15.0 Å². The Morgan fingerprint density at radius 3 is 2.68 bits per heavy atom. The summed E-state index contributed by atoms with van der Waals surface area (Å²) < 4.78 is 45.1. The molecule has 0 atom stereocenters. The maximum atomic E-state index is 13.2. The molecule has 1 aromatic carbocycles. The second-order valence-corrected chi connectivity index (χ2v) is 9.26. The summed E-state index contributed by atoms with van der Waals surface area (Å²) in [4.78, 5) is 4.27. The Morgan fingerprint density at radius 2 is 2.00 bits per heavy atom. The number of benzene rings is 1. The molecule has 1 aliphatic carbocycles. The smallest absolute Gasteiger partial charge is 0.295 e. The summed E-state index contributed by atoms with van der Waals surface area (Å²) in [7, 11) is -3.20. The Labute approximate surface area is 147 Å². The van der Waals surface area contributed by atoms with Crippen LogP contribution in [0.3, 0.4) is 0 Å². The molecular formula is C17H24FN3O3S. The van der Waals surface area contributed by atoms with Gasteiger partial charge in [0.2, 0.25) is 10.0 Å². The van der Waals surface area contributed by atoms with Gasteiger partial charge in [-0.1, -0.05) is 0 Å². The summed E-state index contributed by atoms with van der Waals surface area (Å²) in [5.74, 6) is 0.0148.